The van der Waals surface area contributed by atoms with Crippen LogP contribution in [-0.4, -0.2) is 47.9 Å². The summed E-state index contributed by atoms with van der Waals surface area (Å²) < 4.78 is 42.1. The van der Waals surface area contributed by atoms with Crippen molar-refractivity contribution < 1.29 is 12.8 Å². The van der Waals surface area contributed by atoms with Crippen LogP contribution in [0, 0.1) is 6.92 Å². The summed E-state index contributed by atoms with van der Waals surface area (Å²) in [6.07, 6.45) is 5.64. The van der Waals surface area contributed by atoms with Gasteiger partial charge in [-0.15, -0.1) is 0 Å². The first-order chi connectivity index (χ1) is 13.7. The highest BCUT2D eigenvalue weighted by molar-refractivity contribution is 7.89. The van der Waals surface area contributed by atoms with Gasteiger partial charge in [0.2, 0.25) is 10.0 Å². The number of sulfonamides is 1. The van der Waals surface area contributed by atoms with Crippen molar-refractivity contribution in [3.8, 4) is 11.1 Å². The van der Waals surface area contributed by atoms with Crippen LogP contribution in [0.4, 0.5) is 4.39 Å². The molecule has 0 saturated carbocycles. The van der Waals surface area contributed by atoms with Gasteiger partial charge in [0, 0.05) is 61.4 Å². The first-order valence-corrected chi connectivity index (χ1v) is 10.6. The predicted octanol–water partition coefficient (Wildman–Crippen LogP) is 3.12. The Hall–Kier alpha value is -2.33. The maximum atomic E-state index is 14.2. The SMILES string of the molecule is Cc1c(-c2cncc(S(=O)(=O)N(C)C)c2)c2cc(Cl)cnc2n1C/C(F)=C/CN. The molecule has 0 aromatic carbocycles. The van der Waals surface area contributed by atoms with Gasteiger partial charge >= 0.3 is 0 Å². The third-order valence-electron chi connectivity index (χ3n) is 4.55. The smallest absolute Gasteiger partial charge is 0.244 e. The largest absolute Gasteiger partial charge is 0.327 e. The standard InChI is InChI=1S/C19H21ClFN5O2S/c1-12-18(13-6-16(10-23-8-13)29(27,28)25(2)3)17-7-14(20)9-24-19(17)26(12)11-15(21)4-5-22/h4,6-10H,5,11,22H2,1-3H3/b15-4-. The summed E-state index contributed by atoms with van der Waals surface area (Å²) in [6, 6.07) is 3.27. The molecule has 0 atom stereocenters. The Labute approximate surface area is 173 Å². The number of nitrogens with two attached hydrogens (primary N) is 1. The normalized spacial score (nSPS) is 12.9. The molecule has 29 heavy (non-hydrogen) atoms. The van der Waals surface area contributed by atoms with Gasteiger partial charge in [0.25, 0.3) is 0 Å². The predicted molar refractivity (Wildman–Crippen MR) is 112 cm³/mol. The van der Waals surface area contributed by atoms with E-state index in [1.54, 1.807) is 22.9 Å². The van der Waals surface area contributed by atoms with Gasteiger partial charge < -0.3 is 10.3 Å². The summed E-state index contributed by atoms with van der Waals surface area (Å²) in [7, 11) is -0.754. The summed E-state index contributed by atoms with van der Waals surface area (Å²) in [5, 5.41) is 1.09. The van der Waals surface area contributed by atoms with E-state index in [0.717, 1.165) is 4.31 Å². The van der Waals surface area contributed by atoms with E-state index in [-0.39, 0.29) is 18.0 Å². The maximum absolute atomic E-state index is 14.2. The zero-order valence-electron chi connectivity index (χ0n) is 16.2. The summed E-state index contributed by atoms with van der Waals surface area (Å²) in [6.45, 7) is 1.86. The fourth-order valence-corrected chi connectivity index (χ4v) is 4.18. The van der Waals surface area contributed by atoms with Crippen molar-refractivity contribution in [2.45, 2.75) is 18.4 Å². The second kappa shape index (κ2) is 8.19. The lowest BCUT2D eigenvalue weighted by Gasteiger charge is -2.12. The second-order valence-corrected chi connectivity index (χ2v) is 9.24. The van der Waals surface area contributed by atoms with Crippen molar-refractivity contribution in [2.24, 2.45) is 5.73 Å². The van der Waals surface area contributed by atoms with E-state index in [0.29, 0.717) is 32.9 Å². The topological polar surface area (TPSA) is 94.1 Å². The van der Waals surface area contributed by atoms with Crippen LogP contribution in [0.25, 0.3) is 22.2 Å². The van der Waals surface area contributed by atoms with E-state index in [2.05, 4.69) is 9.97 Å². The molecule has 2 N–H and O–H groups in total. The van der Waals surface area contributed by atoms with Crippen molar-refractivity contribution in [3.05, 3.63) is 53.3 Å². The Balaban J connectivity index is 2.27. The fourth-order valence-electron chi connectivity index (χ4n) is 3.13. The molecule has 10 heteroatoms. The highest BCUT2D eigenvalue weighted by Crippen LogP contribution is 2.36. The zero-order valence-corrected chi connectivity index (χ0v) is 17.8. The molecule has 0 saturated heterocycles. The minimum absolute atomic E-state index is 0.0444. The van der Waals surface area contributed by atoms with Crippen molar-refractivity contribution >= 4 is 32.7 Å². The molecule has 7 nitrogen and oxygen atoms in total. The average molecular weight is 438 g/mol. The average Bonchev–Trinajstić information content (AvgIpc) is 2.92. The van der Waals surface area contributed by atoms with Crippen molar-refractivity contribution in [2.75, 3.05) is 20.6 Å². The molecule has 0 bridgehead atoms. The highest BCUT2D eigenvalue weighted by Gasteiger charge is 2.22. The Morgan fingerprint density at radius 3 is 2.69 bits per heavy atom. The molecule has 0 amide bonds. The number of hydrogen-bond acceptors (Lipinski definition) is 5. The van der Waals surface area contributed by atoms with E-state index in [9.17, 15) is 12.8 Å². The van der Waals surface area contributed by atoms with Gasteiger partial charge in [-0.1, -0.05) is 11.6 Å². The first-order valence-electron chi connectivity index (χ1n) is 8.73. The monoisotopic (exact) mass is 437 g/mol. The van der Waals surface area contributed by atoms with Gasteiger partial charge in [-0.05, 0) is 25.1 Å². The Kier molecular flexibility index (Phi) is 6.04. The fraction of sp³-hybridized carbons (Fsp3) is 0.263. The number of allylic oxidation sites excluding steroid dienone is 1. The van der Waals surface area contributed by atoms with Gasteiger partial charge in [-0.2, -0.15) is 0 Å². The van der Waals surface area contributed by atoms with Gasteiger partial charge in [0.05, 0.1) is 11.6 Å². The molecule has 3 heterocycles. The number of rotatable bonds is 6. The number of halogens is 2. The molecule has 0 spiro atoms. The molecular formula is C19H21ClFN5O2S. The minimum Gasteiger partial charge on any atom is -0.327 e. The highest BCUT2D eigenvalue weighted by atomic mass is 35.5. The van der Waals surface area contributed by atoms with E-state index in [1.165, 1.54) is 32.6 Å². The molecule has 0 fully saturated rings. The van der Waals surface area contributed by atoms with Crippen molar-refractivity contribution in [1.29, 1.82) is 0 Å². The molecule has 3 rings (SSSR count). The molecule has 3 aromatic rings. The lowest BCUT2D eigenvalue weighted by molar-refractivity contribution is 0.520. The second-order valence-electron chi connectivity index (χ2n) is 6.65. The number of hydrogen-bond donors (Lipinski definition) is 1. The number of fused-ring (bicyclic) bond motifs is 1. The lowest BCUT2D eigenvalue weighted by Crippen LogP contribution is -2.22. The molecule has 0 aliphatic rings. The van der Waals surface area contributed by atoms with Crippen LogP contribution in [0.2, 0.25) is 5.02 Å². The van der Waals surface area contributed by atoms with Crippen LogP contribution >= 0.6 is 11.6 Å². The van der Waals surface area contributed by atoms with Gasteiger partial charge in [0.15, 0.2) is 0 Å². The quantitative estimate of drug-likeness (QED) is 0.639. The lowest BCUT2D eigenvalue weighted by atomic mass is 10.1. The van der Waals surface area contributed by atoms with Crippen molar-refractivity contribution in [1.82, 2.24) is 18.8 Å². The third kappa shape index (κ3) is 4.04. The molecule has 154 valence electrons. The Morgan fingerprint density at radius 2 is 2.03 bits per heavy atom. The van der Waals surface area contributed by atoms with Gasteiger partial charge in [0.1, 0.15) is 16.4 Å². The van der Waals surface area contributed by atoms with Crippen LogP contribution in [0.5, 0.6) is 0 Å². The summed E-state index contributed by atoms with van der Waals surface area (Å²) >= 11 is 6.15. The van der Waals surface area contributed by atoms with Gasteiger partial charge in [-0.25, -0.2) is 22.1 Å². The van der Waals surface area contributed by atoms with Crippen LogP contribution in [0.3, 0.4) is 0 Å². The summed E-state index contributed by atoms with van der Waals surface area (Å²) in [5.74, 6) is -0.391. The summed E-state index contributed by atoms with van der Waals surface area (Å²) in [5.41, 5.74) is 7.90. The molecule has 0 unspecified atom stereocenters. The summed E-state index contributed by atoms with van der Waals surface area (Å²) in [4.78, 5) is 8.53. The van der Waals surface area contributed by atoms with E-state index in [1.807, 2.05) is 6.92 Å². The number of nitrogens with zero attached hydrogens (tertiary/aromatic N) is 4. The number of pyridine rings is 2. The Bertz CT molecular complexity index is 1200. The number of aromatic nitrogens is 3. The molecule has 0 aliphatic heterocycles. The van der Waals surface area contributed by atoms with Crippen LogP contribution in [-0.2, 0) is 16.6 Å². The van der Waals surface area contributed by atoms with E-state index < -0.39 is 15.9 Å². The van der Waals surface area contributed by atoms with Crippen LogP contribution in [0.15, 0.2) is 47.5 Å². The molecule has 3 aromatic heterocycles. The zero-order chi connectivity index (χ0) is 21.3. The van der Waals surface area contributed by atoms with Crippen LogP contribution in [0.1, 0.15) is 5.69 Å². The van der Waals surface area contributed by atoms with Gasteiger partial charge in [-0.3, -0.25) is 4.98 Å². The maximum Gasteiger partial charge on any atom is 0.244 e. The van der Waals surface area contributed by atoms with E-state index >= 15 is 0 Å². The Morgan fingerprint density at radius 1 is 1.31 bits per heavy atom. The van der Waals surface area contributed by atoms with Crippen LogP contribution < -0.4 is 5.73 Å². The third-order valence-corrected chi connectivity index (χ3v) is 6.54. The first kappa shape index (κ1) is 21.4. The van der Waals surface area contributed by atoms with Crippen molar-refractivity contribution in [3.63, 3.8) is 0 Å². The molecule has 0 aliphatic carbocycles. The van der Waals surface area contributed by atoms with E-state index in [4.69, 9.17) is 17.3 Å². The molecule has 0 radical (unpaired) electrons. The minimum atomic E-state index is -3.66. The molecular weight excluding hydrogens is 417 g/mol.